The quantitative estimate of drug-likeness (QED) is 0.0167. The Labute approximate surface area is 434 Å². The third kappa shape index (κ3) is 20.4. The Bertz CT molecular complexity index is 2240. The number of carbonyl (C=O) groups is 9. The zero-order chi connectivity index (χ0) is 54.4. The predicted octanol–water partition coefficient (Wildman–Crippen LogP) is -3.05. The maximum absolute atomic E-state index is 14.3. The van der Waals surface area contributed by atoms with Crippen LogP contribution in [0, 0.1) is 5.92 Å². The molecule has 26 heteroatoms. The number of hydrogen-bond acceptors (Lipinski definition) is 15. The van der Waals surface area contributed by atoms with Crippen molar-refractivity contribution in [2.75, 3.05) is 31.1 Å². The van der Waals surface area contributed by atoms with E-state index in [2.05, 4.69) is 67.5 Å². The highest BCUT2D eigenvalue weighted by atomic mass is 32.1. The van der Waals surface area contributed by atoms with Gasteiger partial charge < -0.3 is 74.6 Å². The van der Waals surface area contributed by atoms with E-state index in [0.29, 0.717) is 17.5 Å². The number of nitrogens with one attached hydrogen (secondary N) is 7. The number of carboxylic acid groups (broad SMARTS) is 1. The van der Waals surface area contributed by atoms with E-state index >= 15 is 0 Å². The lowest BCUT2D eigenvalue weighted by atomic mass is 10.0. The van der Waals surface area contributed by atoms with Crippen LogP contribution in [0.25, 0.3) is 0 Å². The number of guanidine groups is 1. The molecule has 402 valence electrons. The number of hydrogen-bond donors (Lipinski definition) is 15. The lowest BCUT2D eigenvalue weighted by Crippen LogP contribution is -2.61. The number of amides is 8. The van der Waals surface area contributed by atoms with E-state index in [0.717, 1.165) is 0 Å². The van der Waals surface area contributed by atoms with Gasteiger partial charge in [-0.25, -0.2) is 4.79 Å². The molecule has 0 aliphatic carbocycles. The Hall–Kier alpha value is -6.64. The summed E-state index contributed by atoms with van der Waals surface area (Å²) in [5.74, 6) is -8.31. The van der Waals surface area contributed by atoms with Gasteiger partial charge in [0.05, 0.1) is 18.7 Å². The summed E-state index contributed by atoms with van der Waals surface area (Å²) in [6.45, 7) is 4.43. The average Bonchev–Trinajstić information content (AvgIpc) is 3.84. The topological polar surface area (TPSA) is 392 Å². The standard InChI is InChI=1S/C47H70N12O12S2/c1-25(2)19-34(53-37(62)22-52-40(64)32(55-39(63)30(48)23-72)21-28-13-15-29(61)16-14-28)45(69)59-18-8-12-36(59)43(67)56-33(20-27-9-5-4-6-10-27)42(66)58-38(26(3)60)44(68)54-31(11-7-17-51-47(49)50)41(65)57-35(24-73)46(70)71/h4-6,9-10,13-16,25-26,30-36,38,60-61,72-73H,7-8,11-12,17-24,48H2,1-3H3,(H,52,64)(H,53,62)(H,54,68)(H,55,63)(H,56,67)(H,57,65)(H,58,66)(H,70,71)(H4,49,50,51)/t26-,30+,31+,32+,33+,34+,35+,36+,38+/m1/s1. The Morgan fingerprint density at radius 1 is 0.726 bits per heavy atom. The van der Waals surface area contributed by atoms with E-state index in [4.69, 9.17) is 17.2 Å². The molecule has 0 bridgehead atoms. The summed E-state index contributed by atoms with van der Waals surface area (Å²) in [4.78, 5) is 126. The number of carbonyl (C=O) groups excluding carboxylic acids is 8. The maximum Gasteiger partial charge on any atom is 0.327 e. The highest BCUT2D eigenvalue weighted by molar-refractivity contribution is 7.80. The fraction of sp³-hybridized carbons (Fsp3) is 0.532. The van der Waals surface area contributed by atoms with Crippen LogP contribution in [0.4, 0.5) is 0 Å². The number of rotatable bonds is 29. The first-order chi connectivity index (χ1) is 34.5. The number of phenolic OH excluding ortho intramolecular Hbond substituents is 1. The van der Waals surface area contributed by atoms with Gasteiger partial charge in [-0.1, -0.05) is 56.3 Å². The minimum Gasteiger partial charge on any atom is -0.508 e. The molecular formula is C47H70N12O12S2. The summed E-state index contributed by atoms with van der Waals surface area (Å²) in [6, 6.07) is 4.13. The van der Waals surface area contributed by atoms with Crippen molar-refractivity contribution in [1.29, 1.82) is 0 Å². The van der Waals surface area contributed by atoms with Gasteiger partial charge in [0.2, 0.25) is 47.3 Å². The molecule has 1 fully saturated rings. The van der Waals surface area contributed by atoms with Crippen molar-refractivity contribution in [2.24, 2.45) is 28.1 Å². The number of thiol groups is 2. The summed E-state index contributed by atoms with van der Waals surface area (Å²) >= 11 is 8.01. The van der Waals surface area contributed by atoms with Gasteiger partial charge in [-0.05, 0) is 68.2 Å². The van der Waals surface area contributed by atoms with Crippen LogP contribution in [0.2, 0.25) is 0 Å². The minimum atomic E-state index is -1.70. The lowest BCUT2D eigenvalue weighted by Gasteiger charge is -2.31. The molecule has 0 unspecified atom stereocenters. The monoisotopic (exact) mass is 1060 g/mol. The molecule has 1 aliphatic rings. The summed E-state index contributed by atoms with van der Waals surface area (Å²) < 4.78 is 0. The molecule has 0 aromatic heterocycles. The van der Waals surface area contributed by atoms with E-state index in [1.165, 1.54) is 24.0 Å². The van der Waals surface area contributed by atoms with Crippen LogP contribution in [-0.2, 0) is 56.0 Å². The van der Waals surface area contributed by atoms with Crippen LogP contribution in [0.1, 0.15) is 64.0 Å². The summed E-state index contributed by atoms with van der Waals surface area (Å²) in [6.07, 6.45) is -0.928. The van der Waals surface area contributed by atoms with Crippen molar-refractivity contribution in [3.8, 4) is 5.75 Å². The van der Waals surface area contributed by atoms with Crippen molar-refractivity contribution < 1.29 is 58.5 Å². The van der Waals surface area contributed by atoms with Crippen molar-refractivity contribution in [2.45, 2.75) is 120 Å². The summed E-state index contributed by atoms with van der Waals surface area (Å²) in [5.41, 5.74) is 17.8. The molecule has 0 spiro atoms. The molecule has 1 aliphatic heterocycles. The number of benzene rings is 2. The van der Waals surface area contributed by atoms with Crippen molar-refractivity contribution in [3.05, 3.63) is 65.7 Å². The van der Waals surface area contributed by atoms with E-state index in [-0.39, 0.29) is 80.7 Å². The van der Waals surface area contributed by atoms with Gasteiger partial charge in [-0.2, -0.15) is 25.3 Å². The second kappa shape index (κ2) is 30.4. The van der Waals surface area contributed by atoms with Crippen molar-refractivity contribution in [1.82, 2.24) is 42.1 Å². The number of aliphatic carboxylic acids is 1. The number of aliphatic hydroxyl groups excluding tert-OH is 1. The van der Waals surface area contributed by atoms with Gasteiger partial charge in [0.1, 0.15) is 48.0 Å². The van der Waals surface area contributed by atoms with Crippen molar-refractivity contribution >= 4 is 84.4 Å². The number of phenols is 1. The van der Waals surface area contributed by atoms with Gasteiger partial charge >= 0.3 is 5.97 Å². The highest BCUT2D eigenvalue weighted by Crippen LogP contribution is 2.21. The molecular weight excluding hydrogens is 989 g/mol. The first kappa shape index (κ1) is 60.7. The second-order valence-corrected chi connectivity index (χ2v) is 18.7. The molecule has 3 rings (SSSR count). The SMILES string of the molecule is CC(C)C[C@H](NC(=O)CNC(=O)[C@H](Cc1ccc(O)cc1)NC(=O)[C@@H](N)CS)C(=O)N1CCC[C@H]1C(=O)N[C@@H](Cc1ccccc1)C(=O)N[C@H](C(=O)N[C@@H](CCCN=C(N)N)C(=O)N[C@@H](CS)C(=O)O)[C@@H](C)O. The molecule has 1 heterocycles. The third-order valence-electron chi connectivity index (χ3n) is 11.5. The zero-order valence-corrected chi connectivity index (χ0v) is 42.8. The second-order valence-electron chi connectivity index (χ2n) is 17.9. The average molecular weight is 1060 g/mol. The van der Waals surface area contributed by atoms with Gasteiger partial charge in [-0.15, -0.1) is 0 Å². The zero-order valence-electron chi connectivity index (χ0n) is 41.0. The van der Waals surface area contributed by atoms with Crippen LogP contribution in [0.15, 0.2) is 59.6 Å². The van der Waals surface area contributed by atoms with Gasteiger partial charge in [0.25, 0.3) is 0 Å². The van der Waals surface area contributed by atoms with Gasteiger partial charge in [0, 0.05) is 37.4 Å². The van der Waals surface area contributed by atoms with E-state index < -0.39 is 114 Å². The van der Waals surface area contributed by atoms with Crippen LogP contribution in [-0.4, -0.2) is 165 Å². The molecule has 8 amide bonds. The third-order valence-corrected chi connectivity index (χ3v) is 12.3. The molecule has 73 heavy (non-hydrogen) atoms. The maximum atomic E-state index is 14.3. The Balaban J connectivity index is 1.80. The van der Waals surface area contributed by atoms with Crippen LogP contribution >= 0.6 is 25.3 Å². The number of aromatic hydroxyl groups is 1. The number of aliphatic imine (C=N–C) groups is 1. The predicted molar refractivity (Wildman–Crippen MR) is 276 cm³/mol. The Morgan fingerprint density at radius 3 is 1.89 bits per heavy atom. The fourth-order valence-electron chi connectivity index (χ4n) is 7.65. The highest BCUT2D eigenvalue weighted by Gasteiger charge is 2.40. The molecule has 2 aromatic carbocycles. The molecule has 1 saturated heterocycles. The number of nitrogens with zero attached hydrogens (tertiary/aromatic N) is 2. The minimum absolute atomic E-state index is 0.00509. The summed E-state index contributed by atoms with van der Waals surface area (Å²) in [7, 11) is 0. The Morgan fingerprint density at radius 2 is 1.32 bits per heavy atom. The first-order valence-electron chi connectivity index (χ1n) is 23.7. The summed E-state index contributed by atoms with van der Waals surface area (Å²) in [5, 5.41) is 47.7. The van der Waals surface area contributed by atoms with Crippen LogP contribution in [0.3, 0.4) is 0 Å². The lowest BCUT2D eigenvalue weighted by molar-refractivity contribution is -0.142. The largest absolute Gasteiger partial charge is 0.508 e. The number of aliphatic hydroxyl groups is 1. The Kier molecular flexibility index (Phi) is 25.3. The van der Waals surface area contributed by atoms with E-state index in [1.807, 2.05) is 13.8 Å². The molecule has 16 N–H and O–H groups in total. The number of nitrogens with two attached hydrogens (primary N) is 3. The molecule has 2 aromatic rings. The van der Waals surface area contributed by atoms with Gasteiger partial charge in [-0.3, -0.25) is 43.3 Å². The number of carboxylic acids is 1. The van der Waals surface area contributed by atoms with E-state index in [1.54, 1.807) is 42.5 Å². The molecule has 0 radical (unpaired) electrons. The van der Waals surface area contributed by atoms with E-state index in [9.17, 15) is 58.5 Å². The van der Waals surface area contributed by atoms with Gasteiger partial charge in [0.15, 0.2) is 5.96 Å². The fourth-order valence-corrected chi connectivity index (χ4v) is 8.06. The normalized spacial score (nSPS) is 16.4. The van der Waals surface area contributed by atoms with Crippen LogP contribution in [0.5, 0.6) is 5.75 Å². The molecule has 24 nitrogen and oxygen atoms in total. The first-order valence-corrected chi connectivity index (χ1v) is 25.0. The molecule has 9 atom stereocenters. The van der Waals surface area contributed by atoms with Crippen LogP contribution < -0.4 is 54.4 Å². The molecule has 0 saturated carbocycles. The number of likely N-dealkylation sites (tertiary alicyclic amines) is 1. The smallest absolute Gasteiger partial charge is 0.327 e. The van der Waals surface area contributed by atoms with Crippen molar-refractivity contribution in [3.63, 3.8) is 0 Å².